The molecule has 4 aromatic rings. The fourth-order valence-corrected chi connectivity index (χ4v) is 3.12. The maximum absolute atomic E-state index is 14.4. The third-order valence-electron chi connectivity index (χ3n) is 4.41. The van der Waals surface area contributed by atoms with Gasteiger partial charge < -0.3 is 10.1 Å². The van der Waals surface area contributed by atoms with Crippen molar-refractivity contribution in [2.75, 3.05) is 5.32 Å². The van der Waals surface area contributed by atoms with Gasteiger partial charge in [0.15, 0.2) is 11.6 Å². The molecule has 0 spiro atoms. The Bertz CT molecular complexity index is 1330. The molecular weight excluding hydrogens is 450 g/mol. The number of carbonyl (C=O) groups is 1. The maximum atomic E-state index is 14.4. The molecule has 32 heavy (non-hydrogen) atoms. The standard InChI is InChI=1S/C22H12ClF4N3O2/c23-19-17(30-21(31)12-2-1-3-13(10-12)22(25,26)27)7-5-15(24)20(19)32-14-4-6-16-18(11-14)29-9-8-28-16/h1-11H,(H,30,31). The molecule has 5 nitrogen and oxygen atoms in total. The summed E-state index contributed by atoms with van der Waals surface area (Å²) in [6.45, 7) is 0. The van der Waals surface area contributed by atoms with Crippen molar-refractivity contribution < 1.29 is 27.1 Å². The van der Waals surface area contributed by atoms with Crippen LogP contribution < -0.4 is 10.1 Å². The Labute approximate surface area is 183 Å². The molecule has 0 saturated carbocycles. The first-order chi connectivity index (χ1) is 15.2. The molecule has 0 radical (unpaired) electrons. The van der Waals surface area contributed by atoms with Gasteiger partial charge in [-0.3, -0.25) is 14.8 Å². The van der Waals surface area contributed by atoms with Crippen LogP contribution in [0, 0.1) is 5.82 Å². The molecule has 4 rings (SSSR count). The molecule has 10 heteroatoms. The van der Waals surface area contributed by atoms with Gasteiger partial charge in [-0.05, 0) is 42.5 Å². The van der Waals surface area contributed by atoms with E-state index in [1.165, 1.54) is 30.6 Å². The second kappa shape index (κ2) is 8.43. The number of alkyl halides is 3. The molecule has 162 valence electrons. The molecule has 1 aromatic heterocycles. The summed E-state index contributed by atoms with van der Waals surface area (Å²) in [6, 6.07) is 10.8. The lowest BCUT2D eigenvalue weighted by Crippen LogP contribution is -2.14. The zero-order valence-electron chi connectivity index (χ0n) is 16.0. The molecule has 0 unspecified atom stereocenters. The van der Waals surface area contributed by atoms with Crippen LogP contribution in [0.3, 0.4) is 0 Å². The molecule has 0 bridgehead atoms. The van der Waals surface area contributed by atoms with Gasteiger partial charge in [-0.25, -0.2) is 4.39 Å². The van der Waals surface area contributed by atoms with Crippen LogP contribution >= 0.6 is 11.6 Å². The lowest BCUT2D eigenvalue weighted by atomic mass is 10.1. The summed E-state index contributed by atoms with van der Waals surface area (Å²) in [5.74, 6) is -1.79. The van der Waals surface area contributed by atoms with E-state index in [9.17, 15) is 22.4 Å². The molecule has 1 amide bonds. The first-order valence-electron chi connectivity index (χ1n) is 9.07. The SMILES string of the molecule is O=C(Nc1ccc(F)c(Oc2ccc3nccnc3c2)c1Cl)c1cccc(C(F)(F)F)c1. The summed E-state index contributed by atoms with van der Waals surface area (Å²) in [5.41, 5.74) is -0.135. The van der Waals surface area contributed by atoms with Crippen molar-refractivity contribution in [3.63, 3.8) is 0 Å². The Kier molecular flexibility index (Phi) is 5.67. The number of anilines is 1. The highest BCUT2D eigenvalue weighted by Crippen LogP contribution is 2.38. The van der Waals surface area contributed by atoms with Crippen LogP contribution in [0.4, 0.5) is 23.2 Å². The lowest BCUT2D eigenvalue weighted by Gasteiger charge is -2.14. The number of halogens is 5. The van der Waals surface area contributed by atoms with Crippen LogP contribution in [0.15, 0.2) is 67.0 Å². The largest absolute Gasteiger partial charge is 0.453 e. The second-order valence-corrected chi connectivity index (χ2v) is 6.96. The summed E-state index contributed by atoms with van der Waals surface area (Å²) >= 11 is 6.23. The van der Waals surface area contributed by atoms with Crippen molar-refractivity contribution >= 4 is 34.2 Å². The van der Waals surface area contributed by atoms with E-state index < -0.39 is 23.5 Å². The number of fused-ring (bicyclic) bond motifs is 1. The van der Waals surface area contributed by atoms with E-state index >= 15 is 0 Å². The van der Waals surface area contributed by atoms with Gasteiger partial charge in [0.2, 0.25) is 0 Å². The average molecular weight is 462 g/mol. The minimum absolute atomic E-state index is 0.0361. The number of nitrogens with zero attached hydrogens (tertiary/aromatic N) is 2. The van der Waals surface area contributed by atoms with Gasteiger partial charge in [0.05, 0.1) is 22.3 Å². The number of rotatable bonds is 4. The van der Waals surface area contributed by atoms with E-state index in [1.54, 1.807) is 12.1 Å². The summed E-state index contributed by atoms with van der Waals surface area (Å²) in [7, 11) is 0. The number of hydrogen-bond acceptors (Lipinski definition) is 4. The van der Waals surface area contributed by atoms with Crippen molar-refractivity contribution in [2.45, 2.75) is 6.18 Å². The molecule has 0 fully saturated rings. The number of aromatic nitrogens is 2. The molecule has 0 aliphatic carbocycles. The number of ether oxygens (including phenoxy) is 1. The molecular formula is C22H12ClF4N3O2. The third-order valence-corrected chi connectivity index (χ3v) is 4.79. The lowest BCUT2D eigenvalue weighted by molar-refractivity contribution is -0.137. The Morgan fingerprint density at radius 1 is 0.969 bits per heavy atom. The van der Waals surface area contributed by atoms with Crippen LogP contribution in [-0.2, 0) is 6.18 Å². The number of benzene rings is 3. The Morgan fingerprint density at radius 3 is 2.47 bits per heavy atom. The number of carbonyl (C=O) groups excluding carboxylic acids is 1. The van der Waals surface area contributed by atoms with Crippen molar-refractivity contribution in [3.05, 3.63) is 89.0 Å². The molecule has 0 aliphatic rings. The first-order valence-corrected chi connectivity index (χ1v) is 9.45. The Morgan fingerprint density at radius 2 is 1.72 bits per heavy atom. The van der Waals surface area contributed by atoms with Gasteiger partial charge >= 0.3 is 6.18 Å². The normalized spacial score (nSPS) is 11.4. The number of amides is 1. The zero-order chi connectivity index (χ0) is 22.9. The van der Waals surface area contributed by atoms with Crippen molar-refractivity contribution in [1.29, 1.82) is 0 Å². The van der Waals surface area contributed by atoms with Crippen molar-refractivity contribution in [3.8, 4) is 11.5 Å². The minimum Gasteiger partial charge on any atom is -0.453 e. The highest BCUT2D eigenvalue weighted by atomic mass is 35.5. The molecule has 0 atom stereocenters. The smallest absolute Gasteiger partial charge is 0.416 e. The van der Waals surface area contributed by atoms with Crippen molar-refractivity contribution in [2.24, 2.45) is 0 Å². The van der Waals surface area contributed by atoms with E-state index in [1.807, 2.05) is 0 Å². The molecule has 0 aliphatic heterocycles. The van der Waals surface area contributed by atoms with Gasteiger partial charge in [-0.1, -0.05) is 17.7 Å². The quantitative estimate of drug-likeness (QED) is 0.353. The van der Waals surface area contributed by atoms with E-state index in [4.69, 9.17) is 16.3 Å². The highest BCUT2D eigenvalue weighted by Gasteiger charge is 2.31. The van der Waals surface area contributed by atoms with E-state index in [2.05, 4.69) is 15.3 Å². The van der Waals surface area contributed by atoms with Crippen LogP contribution in [-0.4, -0.2) is 15.9 Å². The topological polar surface area (TPSA) is 64.1 Å². The predicted molar refractivity (Wildman–Crippen MR) is 110 cm³/mol. The van der Waals surface area contributed by atoms with Gasteiger partial charge in [0.1, 0.15) is 10.8 Å². The summed E-state index contributed by atoms with van der Waals surface area (Å²) in [6.07, 6.45) is -1.59. The average Bonchev–Trinajstić information content (AvgIpc) is 2.78. The van der Waals surface area contributed by atoms with Crippen LogP contribution in [0.5, 0.6) is 11.5 Å². The third kappa shape index (κ3) is 4.47. The fraction of sp³-hybridized carbons (Fsp3) is 0.0455. The van der Waals surface area contributed by atoms with E-state index in [-0.39, 0.29) is 27.8 Å². The van der Waals surface area contributed by atoms with Crippen LogP contribution in [0.25, 0.3) is 11.0 Å². The summed E-state index contributed by atoms with van der Waals surface area (Å²) in [5, 5.41) is 2.12. The molecule has 3 aromatic carbocycles. The van der Waals surface area contributed by atoms with E-state index in [0.29, 0.717) is 17.1 Å². The van der Waals surface area contributed by atoms with Gasteiger partial charge in [-0.2, -0.15) is 13.2 Å². The van der Waals surface area contributed by atoms with Crippen molar-refractivity contribution in [1.82, 2.24) is 9.97 Å². The fourth-order valence-electron chi connectivity index (χ4n) is 2.88. The summed E-state index contributed by atoms with van der Waals surface area (Å²) < 4.78 is 58.7. The number of hydrogen-bond donors (Lipinski definition) is 1. The Balaban J connectivity index is 1.61. The van der Waals surface area contributed by atoms with E-state index in [0.717, 1.165) is 18.2 Å². The predicted octanol–water partition coefficient (Wildman–Crippen LogP) is 6.49. The first kappa shape index (κ1) is 21.5. The highest BCUT2D eigenvalue weighted by molar-refractivity contribution is 6.35. The minimum atomic E-state index is -4.60. The molecule has 1 heterocycles. The maximum Gasteiger partial charge on any atom is 0.416 e. The monoisotopic (exact) mass is 461 g/mol. The van der Waals surface area contributed by atoms with Gasteiger partial charge in [0.25, 0.3) is 5.91 Å². The van der Waals surface area contributed by atoms with Gasteiger partial charge in [0, 0.05) is 24.0 Å². The summed E-state index contributed by atoms with van der Waals surface area (Å²) in [4.78, 5) is 20.7. The van der Waals surface area contributed by atoms with Crippen LogP contribution in [0.2, 0.25) is 5.02 Å². The van der Waals surface area contributed by atoms with Gasteiger partial charge in [-0.15, -0.1) is 0 Å². The molecule has 1 N–H and O–H groups in total. The second-order valence-electron chi connectivity index (χ2n) is 6.58. The number of nitrogens with one attached hydrogen (secondary N) is 1. The Hall–Kier alpha value is -3.72. The van der Waals surface area contributed by atoms with Crippen LogP contribution in [0.1, 0.15) is 15.9 Å². The molecule has 0 saturated heterocycles. The zero-order valence-corrected chi connectivity index (χ0v) is 16.7.